The highest BCUT2D eigenvalue weighted by Gasteiger charge is 2.32. The minimum atomic E-state index is -0.000687. The fourth-order valence-corrected chi connectivity index (χ4v) is 2.85. The highest BCUT2D eigenvalue weighted by Crippen LogP contribution is 2.27. The molecule has 0 bridgehead atoms. The molecule has 1 fully saturated rings. The number of hydrogen-bond donors (Lipinski definition) is 0. The van der Waals surface area contributed by atoms with Crippen LogP contribution in [0.1, 0.15) is 13.3 Å². The van der Waals surface area contributed by atoms with Gasteiger partial charge in [-0.2, -0.15) is 0 Å². The maximum absolute atomic E-state index is 11.8. The van der Waals surface area contributed by atoms with Gasteiger partial charge in [0, 0.05) is 25.1 Å². The van der Waals surface area contributed by atoms with Gasteiger partial charge in [-0.05, 0) is 22.6 Å². The zero-order valence-electron chi connectivity index (χ0n) is 9.09. The molecule has 0 aromatic carbocycles. The Bertz CT molecular complexity index is 451. The molecular formula is C10H10IN3O2S. The summed E-state index contributed by atoms with van der Waals surface area (Å²) in [7, 11) is 0. The first-order valence-electron chi connectivity index (χ1n) is 5.01. The Balaban J connectivity index is 2.10. The number of thioether (sulfide) groups is 1. The second-order valence-corrected chi connectivity index (χ2v) is 6.22. The normalized spacial score (nSPS) is 19.8. The van der Waals surface area contributed by atoms with Crippen molar-refractivity contribution in [3.8, 4) is 0 Å². The molecular weight excluding hydrogens is 353 g/mol. The summed E-state index contributed by atoms with van der Waals surface area (Å²) >= 11 is 3.28. The molecule has 0 aliphatic carbocycles. The average Bonchev–Trinajstić information content (AvgIpc) is 2.59. The van der Waals surface area contributed by atoms with Crippen molar-refractivity contribution in [1.82, 2.24) is 9.97 Å². The number of amides is 1. The van der Waals surface area contributed by atoms with Crippen LogP contribution < -0.4 is 4.90 Å². The Hall–Kier alpha value is -0.700. The number of aromatic nitrogens is 2. The molecule has 17 heavy (non-hydrogen) atoms. The van der Waals surface area contributed by atoms with Crippen molar-refractivity contribution < 1.29 is 9.59 Å². The van der Waals surface area contributed by atoms with E-state index in [0.717, 1.165) is 3.70 Å². The first-order chi connectivity index (χ1) is 8.06. The molecule has 7 heteroatoms. The van der Waals surface area contributed by atoms with Crippen LogP contribution in [0.3, 0.4) is 0 Å². The molecule has 0 saturated carbocycles. The van der Waals surface area contributed by atoms with E-state index in [-0.39, 0.29) is 16.3 Å². The summed E-state index contributed by atoms with van der Waals surface area (Å²) in [4.78, 5) is 32.6. The van der Waals surface area contributed by atoms with Crippen LogP contribution in [-0.4, -0.2) is 32.8 Å². The molecule has 1 amide bonds. The lowest BCUT2D eigenvalue weighted by Crippen LogP contribution is -2.26. The van der Waals surface area contributed by atoms with Crippen LogP contribution in [0.5, 0.6) is 0 Å². The number of carbonyl (C=O) groups is 2. The standard InChI is InChI=1S/C10H10IN3O2S/c1-6(15)17-7-2-10(16)14(5-7)9-4-12-8(11)3-13-9/h3-4,7H,2,5H2,1H3. The lowest BCUT2D eigenvalue weighted by molar-refractivity contribution is -0.117. The van der Waals surface area contributed by atoms with Gasteiger partial charge in [-0.15, -0.1) is 0 Å². The number of nitrogens with zero attached hydrogens (tertiary/aromatic N) is 3. The summed E-state index contributed by atoms with van der Waals surface area (Å²) in [6.45, 7) is 2.04. The molecule has 1 aliphatic heterocycles. The maximum atomic E-state index is 11.8. The van der Waals surface area contributed by atoms with Crippen molar-refractivity contribution >= 4 is 51.2 Å². The van der Waals surface area contributed by atoms with Crippen molar-refractivity contribution in [2.75, 3.05) is 11.4 Å². The first kappa shape index (κ1) is 12.7. The third kappa shape index (κ3) is 3.15. The van der Waals surface area contributed by atoms with E-state index >= 15 is 0 Å². The predicted molar refractivity (Wildman–Crippen MR) is 73.8 cm³/mol. The van der Waals surface area contributed by atoms with E-state index in [0.29, 0.717) is 18.8 Å². The van der Waals surface area contributed by atoms with Crippen LogP contribution in [0.2, 0.25) is 0 Å². The maximum Gasteiger partial charge on any atom is 0.229 e. The van der Waals surface area contributed by atoms with Crippen molar-refractivity contribution in [3.05, 3.63) is 16.1 Å². The number of hydrogen-bond acceptors (Lipinski definition) is 5. The summed E-state index contributed by atoms with van der Waals surface area (Å²) in [6, 6.07) is 0. The molecule has 0 N–H and O–H groups in total. The van der Waals surface area contributed by atoms with E-state index in [9.17, 15) is 9.59 Å². The van der Waals surface area contributed by atoms with E-state index < -0.39 is 0 Å². The second kappa shape index (κ2) is 5.30. The Morgan fingerprint density at radius 2 is 2.29 bits per heavy atom. The second-order valence-electron chi connectivity index (χ2n) is 3.64. The number of carbonyl (C=O) groups excluding carboxylic acids is 2. The number of rotatable bonds is 2. The number of anilines is 1. The quantitative estimate of drug-likeness (QED) is 0.745. The van der Waals surface area contributed by atoms with Gasteiger partial charge in [0.2, 0.25) is 5.91 Å². The molecule has 1 aromatic rings. The van der Waals surface area contributed by atoms with E-state index in [4.69, 9.17) is 0 Å². The molecule has 1 unspecified atom stereocenters. The molecule has 1 saturated heterocycles. The third-order valence-electron chi connectivity index (χ3n) is 2.31. The summed E-state index contributed by atoms with van der Waals surface area (Å²) in [5.41, 5.74) is 0. The Morgan fingerprint density at radius 3 is 2.88 bits per heavy atom. The van der Waals surface area contributed by atoms with Crippen LogP contribution in [-0.2, 0) is 9.59 Å². The van der Waals surface area contributed by atoms with Crippen molar-refractivity contribution in [2.24, 2.45) is 0 Å². The van der Waals surface area contributed by atoms with Gasteiger partial charge in [0.1, 0.15) is 3.70 Å². The smallest absolute Gasteiger partial charge is 0.229 e. The molecule has 1 aromatic heterocycles. The molecule has 90 valence electrons. The summed E-state index contributed by atoms with van der Waals surface area (Å²) in [6.07, 6.45) is 3.59. The first-order valence-corrected chi connectivity index (χ1v) is 6.97. The highest BCUT2D eigenvalue weighted by molar-refractivity contribution is 14.1. The minimum absolute atomic E-state index is 0.000687. The lowest BCUT2D eigenvalue weighted by Gasteiger charge is -2.14. The summed E-state index contributed by atoms with van der Waals surface area (Å²) < 4.78 is 0.785. The molecule has 1 aliphatic rings. The van der Waals surface area contributed by atoms with E-state index in [2.05, 4.69) is 32.6 Å². The van der Waals surface area contributed by atoms with Crippen LogP contribution in [0.4, 0.5) is 5.82 Å². The topological polar surface area (TPSA) is 63.2 Å². The van der Waals surface area contributed by atoms with Crippen molar-refractivity contribution in [1.29, 1.82) is 0 Å². The molecule has 0 spiro atoms. The molecule has 5 nitrogen and oxygen atoms in total. The summed E-state index contributed by atoms with van der Waals surface area (Å²) in [5.74, 6) is 0.557. The van der Waals surface area contributed by atoms with Gasteiger partial charge in [0.05, 0.1) is 12.4 Å². The zero-order chi connectivity index (χ0) is 12.4. The monoisotopic (exact) mass is 363 g/mol. The van der Waals surface area contributed by atoms with Gasteiger partial charge >= 0.3 is 0 Å². The Labute approximate surface area is 117 Å². The van der Waals surface area contributed by atoms with Gasteiger partial charge in [-0.25, -0.2) is 9.97 Å². The Kier molecular flexibility index (Phi) is 3.97. The van der Waals surface area contributed by atoms with Crippen LogP contribution in [0.25, 0.3) is 0 Å². The van der Waals surface area contributed by atoms with Crippen molar-refractivity contribution in [2.45, 2.75) is 18.6 Å². The number of halogens is 1. The predicted octanol–water partition coefficient (Wildman–Crippen LogP) is 1.47. The van der Waals surface area contributed by atoms with E-state index in [1.54, 1.807) is 17.3 Å². The van der Waals surface area contributed by atoms with E-state index in [1.807, 2.05) is 0 Å². The van der Waals surface area contributed by atoms with Crippen LogP contribution >= 0.6 is 34.4 Å². The summed E-state index contributed by atoms with van der Waals surface area (Å²) in [5, 5.41) is 0.0689. The van der Waals surface area contributed by atoms with Gasteiger partial charge in [-0.1, -0.05) is 11.8 Å². The highest BCUT2D eigenvalue weighted by atomic mass is 127. The van der Waals surface area contributed by atoms with Crippen LogP contribution in [0, 0.1) is 3.70 Å². The fraction of sp³-hybridized carbons (Fsp3) is 0.400. The van der Waals surface area contributed by atoms with E-state index in [1.165, 1.54) is 18.7 Å². The minimum Gasteiger partial charge on any atom is -0.294 e. The molecule has 2 heterocycles. The fourth-order valence-electron chi connectivity index (χ4n) is 1.65. The molecule has 2 rings (SSSR count). The molecule has 0 radical (unpaired) electrons. The average molecular weight is 363 g/mol. The molecule has 1 atom stereocenters. The van der Waals surface area contributed by atoms with Crippen molar-refractivity contribution in [3.63, 3.8) is 0 Å². The SMILES string of the molecule is CC(=O)SC1CC(=O)N(c2cnc(I)cn2)C1. The van der Waals surface area contributed by atoms with Gasteiger partial charge in [0.25, 0.3) is 0 Å². The van der Waals surface area contributed by atoms with Gasteiger partial charge < -0.3 is 0 Å². The van der Waals surface area contributed by atoms with Gasteiger partial charge in [-0.3, -0.25) is 14.5 Å². The largest absolute Gasteiger partial charge is 0.294 e. The Morgan fingerprint density at radius 1 is 1.53 bits per heavy atom. The third-order valence-corrected chi connectivity index (χ3v) is 3.84. The lowest BCUT2D eigenvalue weighted by atomic mass is 10.4. The zero-order valence-corrected chi connectivity index (χ0v) is 12.1. The van der Waals surface area contributed by atoms with Gasteiger partial charge in [0.15, 0.2) is 10.9 Å². The van der Waals surface area contributed by atoms with Crippen LogP contribution in [0.15, 0.2) is 12.4 Å².